The Morgan fingerprint density at radius 2 is 2.24 bits per heavy atom. The Balaban J connectivity index is 1.88. The van der Waals surface area contributed by atoms with Crippen molar-refractivity contribution in [2.24, 2.45) is 11.8 Å². The van der Waals surface area contributed by atoms with Crippen LogP contribution in [0.3, 0.4) is 0 Å². The maximum atomic E-state index is 12.8. The highest BCUT2D eigenvalue weighted by atomic mass is 16.5. The van der Waals surface area contributed by atoms with Gasteiger partial charge >= 0.3 is 0 Å². The van der Waals surface area contributed by atoms with Gasteiger partial charge < -0.3 is 15.8 Å². The van der Waals surface area contributed by atoms with E-state index in [1.165, 1.54) is 10.9 Å². The minimum Gasteiger partial charge on any atom is -0.382 e. The predicted octanol–water partition coefficient (Wildman–Crippen LogP) is 2.33. The maximum Gasteiger partial charge on any atom is 0.230 e. The number of carbonyl (C=O) groups excluding carboxylic acids is 1. The van der Waals surface area contributed by atoms with E-state index in [9.17, 15) is 4.79 Å². The summed E-state index contributed by atoms with van der Waals surface area (Å²) in [6.45, 7) is 4.70. The molecule has 0 radical (unpaired) electrons. The number of hydrogen-bond acceptors (Lipinski definition) is 5. The molecule has 0 saturated carbocycles. The Labute approximate surface area is 146 Å². The largest absolute Gasteiger partial charge is 0.382 e. The monoisotopic (exact) mass is 339 g/mol. The molecule has 3 N–H and O–H groups in total. The van der Waals surface area contributed by atoms with Crippen LogP contribution in [0.1, 0.15) is 25.8 Å². The Morgan fingerprint density at radius 1 is 1.48 bits per heavy atom. The van der Waals surface area contributed by atoms with Crippen molar-refractivity contribution in [3.8, 4) is 11.8 Å². The number of benzene rings is 1. The highest BCUT2D eigenvalue weighted by Crippen LogP contribution is 2.29. The van der Waals surface area contributed by atoms with Gasteiger partial charge in [-0.3, -0.25) is 4.79 Å². The molecule has 7 nitrogen and oxygen atoms in total. The van der Waals surface area contributed by atoms with Gasteiger partial charge in [0.25, 0.3) is 0 Å². The first-order chi connectivity index (χ1) is 12.0. The second-order valence-electron chi connectivity index (χ2n) is 6.45. The van der Waals surface area contributed by atoms with Crippen molar-refractivity contribution >= 4 is 17.4 Å². The van der Waals surface area contributed by atoms with Gasteiger partial charge in [0.05, 0.1) is 29.6 Å². The van der Waals surface area contributed by atoms with Gasteiger partial charge in [-0.05, 0) is 24.5 Å². The van der Waals surface area contributed by atoms with Crippen molar-refractivity contribution in [2.75, 3.05) is 17.7 Å². The summed E-state index contributed by atoms with van der Waals surface area (Å²) in [6.07, 6.45) is 2.04. The lowest BCUT2D eigenvalue weighted by Crippen LogP contribution is -2.33. The highest BCUT2D eigenvalue weighted by molar-refractivity contribution is 5.95. The van der Waals surface area contributed by atoms with Crippen molar-refractivity contribution in [1.29, 1.82) is 5.26 Å². The zero-order valence-electron chi connectivity index (χ0n) is 14.3. The lowest BCUT2D eigenvalue weighted by atomic mass is 9.92. The molecular formula is C18H21N5O2. The molecule has 1 aromatic carbocycles. The molecule has 2 heterocycles. The van der Waals surface area contributed by atoms with Crippen LogP contribution in [0.5, 0.6) is 0 Å². The van der Waals surface area contributed by atoms with Crippen LogP contribution in [0, 0.1) is 23.2 Å². The first kappa shape index (κ1) is 17.0. The van der Waals surface area contributed by atoms with Crippen LogP contribution in [0.4, 0.5) is 11.5 Å². The standard InChI is InChI=1S/C18H21N5O2/c1-11(2)16-13(7-8-25-16)18(24)22-14-5-3-4-6-15(14)23-17(20)12(9-19)10-21-23/h3-6,10-11,13,16H,7-8,20H2,1-2H3,(H,22,24)/t13-,16+/m1/s1. The van der Waals surface area contributed by atoms with Crippen molar-refractivity contribution < 1.29 is 9.53 Å². The minimum atomic E-state index is -0.183. The first-order valence-electron chi connectivity index (χ1n) is 8.28. The molecule has 1 saturated heterocycles. The smallest absolute Gasteiger partial charge is 0.230 e. The Bertz CT molecular complexity index is 821. The molecule has 1 aliphatic heterocycles. The molecular weight excluding hydrogens is 318 g/mol. The second kappa shape index (κ2) is 6.95. The van der Waals surface area contributed by atoms with Crippen LogP contribution in [0.2, 0.25) is 0 Å². The summed E-state index contributed by atoms with van der Waals surface area (Å²) >= 11 is 0. The van der Waals surface area contributed by atoms with Gasteiger partial charge in [0.1, 0.15) is 17.5 Å². The van der Waals surface area contributed by atoms with Gasteiger partial charge in [0, 0.05) is 6.61 Å². The van der Waals surface area contributed by atoms with E-state index in [0.717, 1.165) is 0 Å². The summed E-state index contributed by atoms with van der Waals surface area (Å²) in [4.78, 5) is 12.8. The molecule has 2 atom stereocenters. The number of hydrogen-bond donors (Lipinski definition) is 2. The van der Waals surface area contributed by atoms with Gasteiger partial charge in [0.2, 0.25) is 5.91 Å². The molecule has 25 heavy (non-hydrogen) atoms. The fourth-order valence-electron chi connectivity index (χ4n) is 3.17. The van der Waals surface area contributed by atoms with Crippen LogP contribution >= 0.6 is 0 Å². The quantitative estimate of drug-likeness (QED) is 0.889. The van der Waals surface area contributed by atoms with Crippen LogP contribution in [0.25, 0.3) is 5.69 Å². The highest BCUT2D eigenvalue weighted by Gasteiger charge is 2.36. The molecule has 0 spiro atoms. The number of ether oxygens (including phenoxy) is 1. The average Bonchev–Trinajstić information content (AvgIpc) is 3.22. The molecule has 1 aliphatic rings. The number of amides is 1. The van der Waals surface area contributed by atoms with Gasteiger partial charge in [-0.2, -0.15) is 10.4 Å². The van der Waals surface area contributed by atoms with Crippen LogP contribution in [-0.2, 0) is 9.53 Å². The van der Waals surface area contributed by atoms with E-state index in [0.29, 0.717) is 30.0 Å². The molecule has 0 aliphatic carbocycles. The third-order valence-electron chi connectivity index (χ3n) is 4.45. The summed E-state index contributed by atoms with van der Waals surface area (Å²) in [5, 5.41) is 16.2. The number of para-hydroxylation sites is 2. The summed E-state index contributed by atoms with van der Waals surface area (Å²) in [5.74, 6) is 0.259. The maximum absolute atomic E-state index is 12.8. The fraction of sp³-hybridized carbons (Fsp3) is 0.389. The molecule has 130 valence electrons. The topological polar surface area (TPSA) is 106 Å². The number of nitriles is 1. The fourth-order valence-corrected chi connectivity index (χ4v) is 3.17. The van der Waals surface area contributed by atoms with Crippen LogP contribution in [0.15, 0.2) is 30.5 Å². The normalized spacial score (nSPS) is 19.8. The number of nitrogens with one attached hydrogen (secondary N) is 1. The van der Waals surface area contributed by atoms with E-state index in [4.69, 9.17) is 15.7 Å². The Hall–Kier alpha value is -2.85. The van der Waals surface area contributed by atoms with Crippen molar-refractivity contribution in [1.82, 2.24) is 9.78 Å². The summed E-state index contributed by atoms with van der Waals surface area (Å²) in [5.41, 5.74) is 7.49. The van der Waals surface area contributed by atoms with E-state index >= 15 is 0 Å². The number of aromatic nitrogens is 2. The number of nitrogens with zero attached hydrogens (tertiary/aromatic N) is 3. The molecule has 7 heteroatoms. The van der Waals surface area contributed by atoms with E-state index in [2.05, 4.69) is 24.3 Å². The zero-order chi connectivity index (χ0) is 18.0. The molecule has 0 unspecified atom stereocenters. The minimum absolute atomic E-state index is 0.0742. The molecule has 1 aromatic heterocycles. The van der Waals surface area contributed by atoms with Crippen molar-refractivity contribution in [3.63, 3.8) is 0 Å². The van der Waals surface area contributed by atoms with Gasteiger partial charge in [0.15, 0.2) is 0 Å². The number of nitrogens with two attached hydrogens (primary N) is 1. The number of rotatable bonds is 4. The van der Waals surface area contributed by atoms with Crippen molar-refractivity contribution in [2.45, 2.75) is 26.4 Å². The molecule has 0 bridgehead atoms. The number of anilines is 2. The molecule has 2 aromatic rings. The Kier molecular flexibility index (Phi) is 4.72. The number of carbonyl (C=O) groups is 1. The van der Waals surface area contributed by atoms with E-state index in [1.54, 1.807) is 12.1 Å². The van der Waals surface area contributed by atoms with Gasteiger partial charge in [-0.1, -0.05) is 26.0 Å². The van der Waals surface area contributed by atoms with Crippen LogP contribution in [-0.4, -0.2) is 28.4 Å². The van der Waals surface area contributed by atoms with Gasteiger partial charge in [-0.15, -0.1) is 0 Å². The Morgan fingerprint density at radius 3 is 2.92 bits per heavy atom. The zero-order valence-corrected chi connectivity index (χ0v) is 14.3. The lowest BCUT2D eigenvalue weighted by Gasteiger charge is -2.22. The molecule has 1 fully saturated rings. The average molecular weight is 339 g/mol. The molecule has 1 amide bonds. The third-order valence-corrected chi connectivity index (χ3v) is 4.45. The third kappa shape index (κ3) is 3.21. The van der Waals surface area contributed by atoms with Gasteiger partial charge in [-0.25, -0.2) is 4.68 Å². The predicted molar refractivity (Wildman–Crippen MR) is 94.0 cm³/mol. The summed E-state index contributed by atoms with van der Waals surface area (Å²) in [7, 11) is 0. The van der Waals surface area contributed by atoms with E-state index in [-0.39, 0.29) is 29.7 Å². The first-order valence-corrected chi connectivity index (χ1v) is 8.28. The second-order valence-corrected chi connectivity index (χ2v) is 6.45. The van der Waals surface area contributed by atoms with E-state index < -0.39 is 0 Å². The van der Waals surface area contributed by atoms with E-state index in [1.807, 2.05) is 18.2 Å². The number of nitrogen functional groups attached to an aromatic ring is 1. The van der Waals surface area contributed by atoms with Crippen LogP contribution < -0.4 is 11.1 Å². The van der Waals surface area contributed by atoms with Crippen molar-refractivity contribution in [3.05, 3.63) is 36.0 Å². The molecule has 3 rings (SSSR count). The SMILES string of the molecule is CC(C)[C@@H]1OCC[C@H]1C(=O)Nc1ccccc1-n1ncc(C#N)c1N. The summed E-state index contributed by atoms with van der Waals surface area (Å²) in [6, 6.07) is 9.24. The summed E-state index contributed by atoms with van der Waals surface area (Å²) < 4.78 is 7.16. The lowest BCUT2D eigenvalue weighted by molar-refractivity contribution is -0.122.